The zero-order valence-electron chi connectivity index (χ0n) is 30.2. The van der Waals surface area contributed by atoms with Crippen molar-refractivity contribution in [2.45, 2.75) is 14.7 Å². The van der Waals surface area contributed by atoms with Crippen LogP contribution in [-0.2, 0) is 29.6 Å². The van der Waals surface area contributed by atoms with Crippen LogP contribution in [0.4, 0.5) is 0 Å². The number of aromatic amines is 3. The number of rotatable bonds is 8. The summed E-state index contributed by atoms with van der Waals surface area (Å²) in [5.41, 5.74) is 6.95. The molecule has 3 aromatic heterocycles. The summed E-state index contributed by atoms with van der Waals surface area (Å²) in [6, 6.07) is 42.8. The smallest absolute Gasteiger partial charge is 0.744 e. The van der Waals surface area contributed by atoms with Crippen LogP contribution in [0, 0.1) is 0 Å². The van der Waals surface area contributed by atoms with E-state index in [1.807, 2.05) is 109 Å². The van der Waals surface area contributed by atoms with Gasteiger partial charge in [-0.15, -0.1) is 4.33 Å². The van der Waals surface area contributed by atoms with Gasteiger partial charge in [0.2, 0.25) is 0 Å². The average molecular weight is 845 g/mol. The molecular weight excluding hydrogens is 816 g/mol. The van der Waals surface area contributed by atoms with Gasteiger partial charge in [-0.3, -0.25) is 4.55 Å². The van der Waals surface area contributed by atoms with Gasteiger partial charge in [0.05, 0.1) is 54.9 Å². The summed E-state index contributed by atoms with van der Waals surface area (Å²) < 4.78 is 68.4. The Morgan fingerprint density at radius 3 is 1.31 bits per heavy atom. The van der Waals surface area contributed by atoms with Crippen molar-refractivity contribution >= 4 is 65.4 Å². The van der Waals surface area contributed by atoms with E-state index in [9.17, 15) is 21.4 Å². The van der Waals surface area contributed by atoms with Crippen LogP contribution in [0.5, 0.6) is 0 Å². The zero-order valence-corrected chi connectivity index (χ0v) is 34.6. The summed E-state index contributed by atoms with van der Waals surface area (Å²) in [5.74, 6) is 2.11. The van der Waals surface area contributed by atoms with Gasteiger partial charge in [0.1, 0.15) is 27.6 Å². The molecular formula is C39H29N6NaO9S3. The second-order valence-electron chi connectivity index (χ2n) is 12.0. The SMILES string of the molecule is O=S(=O)(O)c1ccc2nc(-c3ccccc3)[nH]c2c1.O=S(=O)([O-])c1ccc2nc(-c3ccccc3)[nH]c2c1.OOOSc1ccc2nc(-c3ccccc3)[nH]c2c1.[Na+]. The third-order valence-electron chi connectivity index (χ3n) is 8.25. The third-order valence-corrected chi connectivity index (χ3v) is 10.5. The molecule has 288 valence electrons. The van der Waals surface area contributed by atoms with Gasteiger partial charge in [-0.25, -0.2) is 28.6 Å². The molecule has 58 heavy (non-hydrogen) atoms. The first-order chi connectivity index (χ1) is 27.4. The minimum absolute atomic E-state index is 0. The molecule has 0 saturated carbocycles. The van der Waals surface area contributed by atoms with Gasteiger partial charge in [-0.2, -0.15) is 8.42 Å². The van der Waals surface area contributed by atoms with Gasteiger partial charge in [0, 0.05) is 21.6 Å². The Morgan fingerprint density at radius 1 is 0.534 bits per heavy atom. The molecule has 5 N–H and O–H groups in total. The quantitative estimate of drug-likeness (QED) is 0.0431. The molecule has 0 saturated heterocycles. The van der Waals surface area contributed by atoms with E-state index in [4.69, 9.17) is 9.81 Å². The van der Waals surface area contributed by atoms with E-state index >= 15 is 0 Å². The standard InChI is InChI=1S/3C13H10N2O3S.Na/c2*16-19(17,18)10-6-7-11-12(8-10)15-13(14-11)9-4-2-1-3-5-9;16-17-18-19-10-6-7-11-12(8-10)15-13(14-11)9-4-2-1-3-5-9;/h2*1-8H,(H,14,15)(H,16,17,18);1-8,16H,(H,14,15);/q;;;+1/p-1. The van der Waals surface area contributed by atoms with E-state index in [0.29, 0.717) is 33.7 Å². The Bertz CT molecular complexity index is 2880. The summed E-state index contributed by atoms with van der Waals surface area (Å²) in [6.45, 7) is 0. The summed E-state index contributed by atoms with van der Waals surface area (Å²) in [6.07, 6.45) is 0. The van der Waals surface area contributed by atoms with Crippen molar-refractivity contribution in [1.82, 2.24) is 29.9 Å². The maximum atomic E-state index is 11.1. The Balaban J connectivity index is 0.000000145. The number of hydrogen-bond acceptors (Lipinski definition) is 12. The van der Waals surface area contributed by atoms with Crippen LogP contribution in [0.2, 0.25) is 0 Å². The Kier molecular flexibility index (Phi) is 13.6. The average Bonchev–Trinajstić information content (AvgIpc) is 3.97. The van der Waals surface area contributed by atoms with E-state index < -0.39 is 20.2 Å². The van der Waals surface area contributed by atoms with Crippen molar-refractivity contribution in [3.8, 4) is 34.2 Å². The predicted octanol–water partition coefficient (Wildman–Crippen LogP) is 5.27. The normalized spacial score (nSPS) is 11.4. The van der Waals surface area contributed by atoms with Crippen molar-refractivity contribution in [1.29, 1.82) is 0 Å². The Hall–Kier alpha value is -5.22. The zero-order chi connectivity index (χ0) is 40.0. The second kappa shape index (κ2) is 18.6. The van der Waals surface area contributed by atoms with Crippen molar-refractivity contribution < 1.29 is 70.1 Å². The van der Waals surface area contributed by atoms with Crippen LogP contribution in [-0.4, -0.2) is 61.1 Å². The predicted molar refractivity (Wildman–Crippen MR) is 213 cm³/mol. The first-order valence-corrected chi connectivity index (χ1v) is 20.3. The van der Waals surface area contributed by atoms with E-state index in [-0.39, 0.29) is 39.3 Å². The molecule has 0 aliphatic heterocycles. The maximum absolute atomic E-state index is 11.1. The number of nitrogens with zero attached hydrogens (tertiary/aromatic N) is 3. The first-order valence-electron chi connectivity index (χ1n) is 16.7. The number of fused-ring (bicyclic) bond motifs is 3. The fourth-order valence-electron chi connectivity index (χ4n) is 5.59. The fourth-order valence-corrected chi connectivity index (χ4v) is 6.99. The molecule has 0 bridgehead atoms. The molecule has 0 spiro atoms. The Labute approximate surface area is 357 Å². The molecule has 0 aliphatic carbocycles. The molecule has 9 rings (SSSR count). The van der Waals surface area contributed by atoms with E-state index in [1.165, 1.54) is 30.3 Å². The van der Waals surface area contributed by atoms with Gasteiger partial charge in [-0.1, -0.05) is 96.0 Å². The molecule has 0 fully saturated rings. The number of hydrogen-bond donors (Lipinski definition) is 5. The molecule has 0 atom stereocenters. The van der Waals surface area contributed by atoms with Gasteiger partial charge < -0.3 is 19.5 Å². The van der Waals surface area contributed by atoms with Crippen molar-refractivity contribution in [2.75, 3.05) is 0 Å². The summed E-state index contributed by atoms with van der Waals surface area (Å²) >= 11 is 0.920. The van der Waals surface area contributed by atoms with Crippen LogP contribution in [0.25, 0.3) is 67.3 Å². The number of H-pyrrole nitrogens is 3. The molecule has 6 aromatic carbocycles. The second-order valence-corrected chi connectivity index (χ2v) is 15.6. The molecule has 19 heteroatoms. The van der Waals surface area contributed by atoms with Gasteiger partial charge in [-0.05, 0) is 54.6 Å². The number of imidazole rings is 3. The minimum atomic E-state index is -4.45. The van der Waals surface area contributed by atoms with Crippen LogP contribution in [0.15, 0.2) is 160 Å². The molecule has 15 nitrogen and oxygen atoms in total. The Morgan fingerprint density at radius 2 is 0.914 bits per heavy atom. The minimum Gasteiger partial charge on any atom is -0.744 e. The topological polar surface area (TPSA) is 236 Å². The van der Waals surface area contributed by atoms with E-state index in [1.54, 1.807) is 6.07 Å². The van der Waals surface area contributed by atoms with Crippen LogP contribution in [0.3, 0.4) is 0 Å². The summed E-state index contributed by atoms with van der Waals surface area (Å²) in [7, 11) is -8.64. The van der Waals surface area contributed by atoms with Crippen LogP contribution < -0.4 is 29.6 Å². The first kappa shape index (κ1) is 42.4. The molecule has 3 heterocycles. The van der Waals surface area contributed by atoms with Gasteiger partial charge in [0.15, 0.2) is 0 Å². The van der Waals surface area contributed by atoms with E-state index in [0.717, 1.165) is 50.5 Å². The van der Waals surface area contributed by atoms with Gasteiger partial charge in [0.25, 0.3) is 10.1 Å². The maximum Gasteiger partial charge on any atom is 1.00 e. The van der Waals surface area contributed by atoms with E-state index in [2.05, 4.69) is 39.3 Å². The fraction of sp³-hybridized carbons (Fsp3) is 0. The molecule has 0 unspecified atom stereocenters. The molecule has 0 aliphatic rings. The largest absolute Gasteiger partial charge is 1.00 e. The van der Waals surface area contributed by atoms with Crippen molar-refractivity contribution in [2.24, 2.45) is 0 Å². The van der Waals surface area contributed by atoms with Crippen molar-refractivity contribution in [3.05, 3.63) is 146 Å². The monoisotopic (exact) mass is 844 g/mol. The third kappa shape index (κ3) is 10.4. The number of aromatic nitrogens is 6. The number of nitrogens with one attached hydrogen (secondary N) is 3. The van der Waals surface area contributed by atoms with Crippen molar-refractivity contribution in [3.63, 3.8) is 0 Å². The van der Waals surface area contributed by atoms with Crippen LogP contribution in [0.1, 0.15) is 0 Å². The van der Waals surface area contributed by atoms with Crippen LogP contribution >= 0.6 is 12.0 Å². The molecule has 9 aromatic rings. The molecule has 0 radical (unpaired) electrons. The van der Waals surface area contributed by atoms with Gasteiger partial charge >= 0.3 is 29.6 Å². The molecule has 0 amide bonds. The summed E-state index contributed by atoms with van der Waals surface area (Å²) in [5, 5.41) is 11.7. The summed E-state index contributed by atoms with van der Waals surface area (Å²) in [4.78, 5) is 22.9. The number of benzene rings is 6.